The van der Waals surface area contributed by atoms with Gasteiger partial charge in [0.15, 0.2) is 0 Å². The zero-order chi connectivity index (χ0) is 14.7. The third-order valence-electron chi connectivity index (χ3n) is 4.07. The maximum absolute atomic E-state index is 10.9. The minimum absolute atomic E-state index is 0. The fourth-order valence-electron chi connectivity index (χ4n) is 2.89. The minimum Gasteiger partial charge on any atom is -0.310 e. The number of nitrogens with zero attached hydrogens (tertiary/aromatic N) is 1. The summed E-state index contributed by atoms with van der Waals surface area (Å²) in [6, 6.07) is 15.9. The number of benzene rings is 2. The van der Waals surface area contributed by atoms with Gasteiger partial charge in [0.05, 0.1) is 4.92 Å². The number of nitro benzene ring substituents is 1. The fraction of sp³-hybridized carbons (Fsp3) is 0.294. The molecule has 1 aliphatic rings. The molecule has 0 saturated carbocycles. The maximum Gasteiger partial charge on any atom is 0.269 e. The molecule has 0 aromatic heterocycles. The highest BCUT2D eigenvalue weighted by Gasteiger charge is 2.20. The Kier molecular flexibility index (Phi) is 5.52. The highest BCUT2D eigenvalue weighted by atomic mass is 35.5. The van der Waals surface area contributed by atoms with E-state index in [-0.39, 0.29) is 23.0 Å². The highest BCUT2D eigenvalue weighted by molar-refractivity contribution is 5.85. The standard InChI is InChI=1S/C17H18N2O2.ClH/c20-19(21)17-9-7-14-6-8-16(10-15(14)11-17)18-12-13-4-2-1-3-5-13;/h1-5,7,9,11,16,18H,6,8,10,12H2;1H. The first-order valence-corrected chi connectivity index (χ1v) is 7.26. The summed E-state index contributed by atoms with van der Waals surface area (Å²) in [6.45, 7) is 0.843. The predicted molar refractivity (Wildman–Crippen MR) is 89.4 cm³/mol. The number of halogens is 1. The van der Waals surface area contributed by atoms with E-state index in [4.69, 9.17) is 0 Å². The van der Waals surface area contributed by atoms with Crippen LogP contribution in [0.2, 0.25) is 0 Å². The Labute approximate surface area is 136 Å². The Morgan fingerprint density at radius 2 is 1.91 bits per heavy atom. The van der Waals surface area contributed by atoms with E-state index >= 15 is 0 Å². The number of aryl methyl sites for hydroxylation is 1. The van der Waals surface area contributed by atoms with Gasteiger partial charge in [-0.15, -0.1) is 12.4 Å². The van der Waals surface area contributed by atoms with E-state index in [1.54, 1.807) is 12.1 Å². The molecule has 0 fully saturated rings. The SMILES string of the molecule is Cl.O=[N+]([O-])c1ccc2c(c1)CC(NCc1ccccc1)CC2. The molecule has 1 aliphatic carbocycles. The van der Waals surface area contributed by atoms with E-state index in [0.717, 1.165) is 31.4 Å². The summed E-state index contributed by atoms with van der Waals surface area (Å²) in [4.78, 5) is 10.6. The zero-order valence-corrected chi connectivity index (χ0v) is 13.0. The van der Waals surface area contributed by atoms with Crippen LogP contribution in [0.4, 0.5) is 5.69 Å². The molecule has 1 N–H and O–H groups in total. The molecule has 0 radical (unpaired) electrons. The van der Waals surface area contributed by atoms with Crippen molar-refractivity contribution >= 4 is 18.1 Å². The van der Waals surface area contributed by atoms with Gasteiger partial charge in [0.2, 0.25) is 0 Å². The van der Waals surface area contributed by atoms with Crippen LogP contribution in [0, 0.1) is 10.1 Å². The van der Waals surface area contributed by atoms with Gasteiger partial charge in [-0.2, -0.15) is 0 Å². The molecule has 0 amide bonds. The molecule has 116 valence electrons. The number of hydrogen-bond acceptors (Lipinski definition) is 3. The van der Waals surface area contributed by atoms with Crippen LogP contribution in [0.5, 0.6) is 0 Å². The van der Waals surface area contributed by atoms with Gasteiger partial charge in [0, 0.05) is 24.7 Å². The lowest BCUT2D eigenvalue weighted by Gasteiger charge is -2.25. The third kappa shape index (κ3) is 3.84. The molecule has 2 aromatic rings. The lowest BCUT2D eigenvalue weighted by atomic mass is 9.88. The lowest BCUT2D eigenvalue weighted by molar-refractivity contribution is -0.384. The molecule has 3 rings (SSSR count). The number of fused-ring (bicyclic) bond motifs is 1. The van der Waals surface area contributed by atoms with E-state index in [1.165, 1.54) is 11.1 Å². The van der Waals surface area contributed by atoms with E-state index in [9.17, 15) is 10.1 Å². The Hall–Kier alpha value is -1.91. The smallest absolute Gasteiger partial charge is 0.269 e. The molecule has 0 spiro atoms. The lowest BCUT2D eigenvalue weighted by Crippen LogP contribution is -2.34. The molecular formula is C17H19ClN2O2. The second-order valence-electron chi connectivity index (χ2n) is 5.52. The van der Waals surface area contributed by atoms with Crippen molar-refractivity contribution in [1.29, 1.82) is 0 Å². The Morgan fingerprint density at radius 3 is 2.64 bits per heavy atom. The molecule has 22 heavy (non-hydrogen) atoms. The van der Waals surface area contributed by atoms with Crippen molar-refractivity contribution in [3.05, 3.63) is 75.3 Å². The second kappa shape index (κ2) is 7.38. The average molecular weight is 319 g/mol. The molecule has 0 saturated heterocycles. The zero-order valence-electron chi connectivity index (χ0n) is 12.2. The first kappa shape index (κ1) is 16.5. The van der Waals surface area contributed by atoms with Gasteiger partial charge >= 0.3 is 0 Å². The van der Waals surface area contributed by atoms with Crippen molar-refractivity contribution in [2.24, 2.45) is 0 Å². The van der Waals surface area contributed by atoms with Crippen molar-refractivity contribution in [2.45, 2.75) is 31.8 Å². The quantitative estimate of drug-likeness (QED) is 0.691. The topological polar surface area (TPSA) is 55.2 Å². The van der Waals surface area contributed by atoms with Gasteiger partial charge in [0.25, 0.3) is 5.69 Å². The molecule has 1 unspecified atom stereocenters. The largest absolute Gasteiger partial charge is 0.310 e. The summed E-state index contributed by atoms with van der Waals surface area (Å²) in [5, 5.41) is 14.4. The van der Waals surface area contributed by atoms with Crippen LogP contribution in [0.15, 0.2) is 48.5 Å². The van der Waals surface area contributed by atoms with E-state index in [2.05, 4.69) is 17.4 Å². The maximum atomic E-state index is 10.9. The number of rotatable bonds is 4. The summed E-state index contributed by atoms with van der Waals surface area (Å²) >= 11 is 0. The van der Waals surface area contributed by atoms with Crippen molar-refractivity contribution in [3.8, 4) is 0 Å². The summed E-state index contributed by atoms with van der Waals surface area (Å²) in [5.74, 6) is 0. The monoisotopic (exact) mass is 318 g/mol. The molecular weight excluding hydrogens is 300 g/mol. The summed E-state index contributed by atoms with van der Waals surface area (Å²) in [5.41, 5.74) is 3.82. The van der Waals surface area contributed by atoms with Crippen molar-refractivity contribution in [3.63, 3.8) is 0 Å². The minimum atomic E-state index is -0.318. The number of nitro groups is 1. The van der Waals surface area contributed by atoms with Crippen LogP contribution in [-0.4, -0.2) is 11.0 Å². The Balaban J connectivity index is 0.00000176. The molecule has 2 aromatic carbocycles. The molecule has 0 bridgehead atoms. The number of hydrogen-bond donors (Lipinski definition) is 1. The van der Waals surface area contributed by atoms with Crippen LogP contribution in [0.1, 0.15) is 23.1 Å². The van der Waals surface area contributed by atoms with Crippen LogP contribution in [0.25, 0.3) is 0 Å². The van der Waals surface area contributed by atoms with Gasteiger partial charge in [-0.1, -0.05) is 36.4 Å². The first-order valence-electron chi connectivity index (χ1n) is 7.26. The van der Waals surface area contributed by atoms with E-state index < -0.39 is 0 Å². The van der Waals surface area contributed by atoms with Crippen molar-refractivity contribution < 1.29 is 4.92 Å². The van der Waals surface area contributed by atoms with Gasteiger partial charge in [-0.3, -0.25) is 10.1 Å². The summed E-state index contributed by atoms with van der Waals surface area (Å²) < 4.78 is 0. The van der Waals surface area contributed by atoms with E-state index in [1.807, 2.05) is 24.3 Å². The molecule has 0 aliphatic heterocycles. The van der Waals surface area contributed by atoms with Gasteiger partial charge in [-0.05, 0) is 36.0 Å². The predicted octanol–water partition coefficient (Wildman–Crippen LogP) is 3.66. The van der Waals surface area contributed by atoms with Crippen LogP contribution >= 0.6 is 12.4 Å². The Bertz CT molecular complexity index is 646. The van der Waals surface area contributed by atoms with Crippen molar-refractivity contribution in [2.75, 3.05) is 0 Å². The molecule has 0 heterocycles. The molecule has 1 atom stereocenters. The highest BCUT2D eigenvalue weighted by Crippen LogP contribution is 2.25. The fourth-order valence-corrected chi connectivity index (χ4v) is 2.89. The van der Waals surface area contributed by atoms with Crippen LogP contribution in [0.3, 0.4) is 0 Å². The molecule has 4 nitrogen and oxygen atoms in total. The van der Waals surface area contributed by atoms with Gasteiger partial charge in [0.1, 0.15) is 0 Å². The normalized spacial score (nSPS) is 16.5. The number of non-ortho nitro benzene ring substituents is 1. The van der Waals surface area contributed by atoms with Crippen LogP contribution in [-0.2, 0) is 19.4 Å². The van der Waals surface area contributed by atoms with Gasteiger partial charge < -0.3 is 5.32 Å². The summed E-state index contributed by atoms with van der Waals surface area (Å²) in [7, 11) is 0. The first-order chi connectivity index (χ1) is 10.2. The van der Waals surface area contributed by atoms with E-state index in [0.29, 0.717) is 6.04 Å². The van der Waals surface area contributed by atoms with Crippen molar-refractivity contribution in [1.82, 2.24) is 5.32 Å². The Morgan fingerprint density at radius 1 is 1.14 bits per heavy atom. The van der Waals surface area contributed by atoms with Gasteiger partial charge in [-0.25, -0.2) is 0 Å². The van der Waals surface area contributed by atoms with Crippen LogP contribution < -0.4 is 5.32 Å². The third-order valence-corrected chi connectivity index (χ3v) is 4.07. The second-order valence-corrected chi connectivity index (χ2v) is 5.52. The average Bonchev–Trinajstić information content (AvgIpc) is 2.53. The summed E-state index contributed by atoms with van der Waals surface area (Å²) in [6.07, 6.45) is 2.93. The molecule has 5 heteroatoms. The number of nitrogens with one attached hydrogen (secondary N) is 1.